The van der Waals surface area contributed by atoms with E-state index in [2.05, 4.69) is 10.7 Å². The summed E-state index contributed by atoms with van der Waals surface area (Å²) in [7, 11) is 1.93. The Morgan fingerprint density at radius 2 is 2.45 bits per heavy atom. The van der Waals surface area contributed by atoms with Gasteiger partial charge >= 0.3 is 0 Å². The molecular formula is C7H13N3O. The molecule has 4 nitrogen and oxygen atoms in total. The van der Waals surface area contributed by atoms with Crippen LogP contribution in [-0.2, 0) is 4.79 Å². The van der Waals surface area contributed by atoms with Crippen LogP contribution in [-0.4, -0.2) is 43.0 Å². The number of fused-ring (bicyclic) bond motifs is 1. The first-order chi connectivity index (χ1) is 5.29. The van der Waals surface area contributed by atoms with E-state index in [1.165, 1.54) is 0 Å². The Labute approximate surface area is 65.9 Å². The van der Waals surface area contributed by atoms with Gasteiger partial charge in [0, 0.05) is 32.6 Å². The Hall–Kier alpha value is -0.450. The average Bonchev–Trinajstić information content (AvgIpc) is 2.34. The number of ketones is 1. The van der Waals surface area contributed by atoms with Gasteiger partial charge in [-0.15, -0.1) is 0 Å². The summed E-state index contributed by atoms with van der Waals surface area (Å²) in [5, 5.41) is 5.23. The van der Waals surface area contributed by atoms with E-state index < -0.39 is 0 Å². The zero-order valence-electron chi connectivity index (χ0n) is 6.63. The van der Waals surface area contributed by atoms with Crippen molar-refractivity contribution in [3.05, 3.63) is 0 Å². The number of rotatable bonds is 0. The molecule has 2 aliphatic rings. The molecule has 2 N–H and O–H groups in total. The summed E-state index contributed by atoms with van der Waals surface area (Å²) in [6.45, 7) is 1.72. The van der Waals surface area contributed by atoms with Gasteiger partial charge in [0.1, 0.15) is 0 Å². The van der Waals surface area contributed by atoms with Crippen LogP contribution in [0.15, 0.2) is 0 Å². The third-order valence-corrected chi connectivity index (χ3v) is 2.47. The van der Waals surface area contributed by atoms with Crippen molar-refractivity contribution in [2.45, 2.75) is 18.5 Å². The van der Waals surface area contributed by atoms with E-state index in [9.17, 15) is 4.79 Å². The minimum absolute atomic E-state index is 0.0729. The maximum absolute atomic E-state index is 11.4. The van der Waals surface area contributed by atoms with Crippen LogP contribution in [0.5, 0.6) is 0 Å². The maximum atomic E-state index is 11.4. The van der Waals surface area contributed by atoms with E-state index in [0.717, 1.165) is 13.1 Å². The molecule has 0 aromatic heterocycles. The number of carbonyl (C=O) groups is 1. The normalized spacial score (nSPS) is 39.2. The van der Waals surface area contributed by atoms with Crippen LogP contribution in [0.25, 0.3) is 0 Å². The van der Waals surface area contributed by atoms with Crippen LogP contribution in [0.3, 0.4) is 0 Å². The molecule has 4 heteroatoms. The molecule has 2 unspecified atom stereocenters. The fourth-order valence-electron chi connectivity index (χ4n) is 1.88. The van der Waals surface area contributed by atoms with E-state index in [1.54, 1.807) is 0 Å². The maximum Gasteiger partial charge on any atom is 0.154 e. The van der Waals surface area contributed by atoms with Gasteiger partial charge in [0.25, 0.3) is 0 Å². The van der Waals surface area contributed by atoms with Crippen molar-refractivity contribution in [2.24, 2.45) is 0 Å². The fourth-order valence-corrected chi connectivity index (χ4v) is 1.88. The van der Waals surface area contributed by atoms with Gasteiger partial charge in [0.2, 0.25) is 0 Å². The molecule has 0 aromatic carbocycles. The van der Waals surface area contributed by atoms with Crippen molar-refractivity contribution >= 4 is 5.78 Å². The molecular weight excluding hydrogens is 142 g/mol. The Morgan fingerprint density at radius 3 is 3.18 bits per heavy atom. The van der Waals surface area contributed by atoms with E-state index in [4.69, 9.17) is 0 Å². The molecule has 2 fully saturated rings. The zero-order valence-corrected chi connectivity index (χ0v) is 6.63. The summed E-state index contributed by atoms with van der Waals surface area (Å²) in [5.41, 5.74) is 3.14. The van der Waals surface area contributed by atoms with Crippen molar-refractivity contribution in [3.63, 3.8) is 0 Å². The Bertz CT molecular complexity index is 181. The highest BCUT2D eigenvalue weighted by molar-refractivity contribution is 5.86. The van der Waals surface area contributed by atoms with Crippen molar-refractivity contribution in [1.29, 1.82) is 0 Å². The van der Waals surface area contributed by atoms with Gasteiger partial charge < -0.3 is 5.32 Å². The van der Waals surface area contributed by atoms with Crippen LogP contribution in [0.4, 0.5) is 0 Å². The number of piperidine rings is 1. The van der Waals surface area contributed by atoms with Gasteiger partial charge in [-0.25, -0.2) is 5.01 Å². The molecule has 2 rings (SSSR count). The Balaban J connectivity index is 2.14. The smallest absolute Gasteiger partial charge is 0.154 e. The lowest BCUT2D eigenvalue weighted by atomic mass is 9.99. The lowest BCUT2D eigenvalue weighted by molar-refractivity contribution is -0.125. The number of hydrogen-bond donors (Lipinski definition) is 2. The monoisotopic (exact) mass is 155 g/mol. The summed E-state index contributed by atoms with van der Waals surface area (Å²) in [6.07, 6.45) is 0.674. The molecule has 2 saturated heterocycles. The summed E-state index contributed by atoms with van der Waals surface area (Å²) in [4.78, 5) is 11.4. The third kappa shape index (κ3) is 1.07. The number of nitrogens with one attached hydrogen (secondary N) is 2. The highest BCUT2D eigenvalue weighted by atomic mass is 16.1. The quantitative estimate of drug-likeness (QED) is 0.458. The third-order valence-electron chi connectivity index (χ3n) is 2.47. The lowest BCUT2D eigenvalue weighted by Crippen LogP contribution is -2.52. The van der Waals surface area contributed by atoms with Crippen LogP contribution >= 0.6 is 0 Å². The van der Waals surface area contributed by atoms with Gasteiger partial charge in [0.05, 0.1) is 6.04 Å². The Morgan fingerprint density at radius 1 is 1.64 bits per heavy atom. The number of hydrogen-bond acceptors (Lipinski definition) is 4. The van der Waals surface area contributed by atoms with Crippen LogP contribution < -0.4 is 10.7 Å². The number of likely N-dealkylation sites (N-methyl/N-ethyl adjacent to an activating group) is 1. The molecule has 62 valence electrons. The second-order valence-corrected chi connectivity index (χ2v) is 3.19. The molecule has 0 spiro atoms. The molecule has 0 radical (unpaired) electrons. The van der Waals surface area contributed by atoms with Crippen LogP contribution in [0.2, 0.25) is 0 Å². The van der Waals surface area contributed by atoms with Gasteiger partial charge in [0.15, 0.2) is 5.78 Å². The second-order valence-electron chi connectivity index (χ2n) is 3.19. The molecule has 0 aromatic rings. The van der Waals surface area contributed by atoms with Crippen molar-refractivity contribution < 1.29 is 4.79 Å². The van der Waals surface area contributed by atoms with Gasteiger partial charge in [-0.1, -0.05) is 0 Å². The Kier molecular flexibility index (Phi) is 1.67. The molecule has 0 saturated carbocycles. The molecule has 2 atom stereocenters. The predicted molar refractivity (Wildman–Crippen MR) is 41.0 cm³/mol. The standard InChI is InChI=1S/C7H13N3O/c1-10-7-5(4-9-10)8-3-2-6(7)11/h5,7-9H,2-4H2,1H3. The lowest BCUT2D eigenvalue weighted by Gasteiger charge is -2.27. The van der Waals surface area contributed by atoms with Crippen LogP contribution in [0, 0.1) is 0 Å². The van der Waals surface area contributed by atoms with Crippen molar-refractivity contribution in [3.8, 4) is 0 Å². The largest absolute Gasteiger partial charge is 0.310 e. The number of hydrazine groups is 1. The molecule has 0 amide bonds. The van der Waals surface area contributed by atoms with Crippen molar-refractivity contribution in [2.75, 3.05) is 20.1 Å². The predicted octanol–water partition coefficient (Wildman–Crippen LogP) is -1.26. The molecule has 0 aliphatic carbocycles. The molecule has 2 heterocycles. The fraction of sp³-hybridized carbons (Fsp3) is 0.857. The topological polar surface area (TPSA) is 44.4 Å². The first-order valence-electron chi connectivity index (χ1n) is 4.01. The first-order valence-corrected chi connectivity index (χ1v) is 4.01. The summed E-state index contributed by atoms with van der Waals surface area (Å²) >= 11 is 0. The summed E-state index contributed by atoms with van der Waals surface area (Å²) in [6, 6.07) is 0.407. The molecule has 2 aliphatic heterocycles. The SMILES string of the molecule is CN1NCC2NCCC(=O)C21. The van der Waals surface area contributed by atoms with Crippen molar-refractivity contribution in [1.82, 2.24) is 15.8 Å². The number of Topliss-reactive ketones (excluding diaryl/α,β-unsaturated/α-hetero) is 1. The second kappa shape index (κ2) is 2.55. The summed E-state index contributed by atoms with van der Waals surface area (Å²) < 4.78 is 0. The van der Waals surface area contributed by atoms with E-state index in [-0.39, 0.29) is 6.04 Å². The van der Waals surface area contributed by atoms with Gasteiger partial charge in [-0.2, -0.15) is 0 Å². The minimum Gasteiger partial charge on any atom is -0.310 e. The number of nitrogens with zero attached hydrogens (tertiary/aromatic N) is 1. The van der Waals surface area contributed by atoms with E-state index in [1.807, 2.05) is 12.1 Å². The van der Waals surface area contributed by atoms with E-state index in [0.29, 0.717) is 18.2 Å². The van der Waals surface area contributed by atoms with Crippen LogP contribution in [0.1, 0.15) is 6.42 Å². The highest BCUT2D eigenvalue weighted by Gasteiger charge is 2.38. The number of carbonyl (C=O) groups excluding carboxylic acids is 1. The van der Waals surface area contributed by atoms with Gasteiger partial charge in [-0.05, 0) is 0 Å². The zero-order chi connectivity index (χ0) is 7.84. The summed E-state index contributed by atoms with van der Waals surface area (Å²) in [5.74, 6) is 0.362. The van der Waals surface area contributed by atoms with Gasteiger partial charge in [-0.3, -0.25) is 10.2 Å². The average molecular weight is 155 g/mol. The van der Waals surface area contributed by atoms with E-state index >= 15 is 0 Å². The highest BCUT2D eigenvalue weighted by Crippen LogP contribution is 2.13. The first kappa shape index (κ1) is 7.21. The molecule has 11 heavy (non-hydrogen) atoms. The molecule has 0 bridgehead atoms. The minimum atomic E-state index is 0.0729.